The van der Waals surface area contributed by atoms with Crippen LogP contribution >= 0.6 is 0 Å². The molecule has 2 aliphatic carbocycles. The van der Waals surface area contributed by atoms with Gasteiger partial charge in [-0.2, -0.15) is 0 Å². The molecular formula is C38H60O13. The highest BCUT2D eigenvalue weighted by molar-refractivity contribution is 5.72. The van der Waals surface area contributed by atoms with Crippen LogP contribution in [0.2, 0.25) is 0 Å². The molecule has 2 heterocycles. The molecule has 2 saturated heterocycles. The van der Waals surface area contributed by atoms with E-state index in [1.54, 1.807) is 6.92 Å². The van der Waals surface area contributed by atoms with Crippen LogP contribution in [0.15, 0.2) is 30.3 Å². The lowest BCUT2D eigenvalue weighted by molar-refractivity contribution is -0.352. The number of hydrogen-bond donors (Lipinski definition) is 6. The van der Waals surface area contributed by atoms with Gasteiger partial charge >= 0.3 is 5.97 Å². The minimum absolute atomic E-state index is 0.0842. The molecule has 1 aromatic rings. The molecule has 51 heavy (non-hydrogen) atoms. The van der Waals surface area contributed by atoms with Gasteiger partial charge < -0.3 is 59.1 Å². The van der Waals surface area contributed by atoms with Crippen LogP contribution in [-0.2, 0) is 39.8 Å². The van der Waals surface area contributed by atoms with Crippen LogP contribution in [-0.4, -0.2) is 123 Å². The lowest BCUT2D eigenvalue weighted by Crippen LogP contribution is -2.63. The third kappa shape index (κ3) is 10.3. The van der Waals surface area contributed by atoms with Crippen LogP contribution in [0.5, 0.6) is 0 Å². The summed E-state index contributed by atoms with van der Waals surface area (Å²) in [7, 11) is 0. The van der Waals surface area contributed by atoms with Crippen molar-refractivity contribution < 1.29 is 63.9 Å². The molecule has 0 unspecified atom stereocenters. The second-order valence-electron chi connectivity index (χ2n) is 16.1. The number of benzene rings is 1. The Morgan fingerprint density at radius 1 is 0.843 bits per heavy atom. The van der Waals surface area contributed by atoms with Crippen LogP contribution < -0.4 is 0 Å². The van der Waals surface area contributed by atoms with E-state index in [9.17, 15) is 35.4 Å². The lowest BCUT2D eigenvalue weighted by atomic mass is 9.71. The quantitative estimate of drug-likeness (QED) is 0.174. The van der Waals surface area contributed by atoms with Crippen LogP contribution in [0.4, 0.5) is 0 Å². The van der Waals surface area contributed by atoms with Crippen LogP contribution in [0.25, 0.3) is 0 Å². The normalized spacial score (nSPS) is 39.0. The SMILES string of the molecule is C[C@H]1O[C@@H](O[C@@H]2CC[C@@H](C(C)(C)C)C[C@H]2O[C@H]2O[C@H](CO)[C@H](O)[C@H](O[C@@H](CC3CCCCC3)C(=O)O)[C@H]2OCc2ccccc2)[C@H](O)[C@@H](O)[C@H]1O. The first-order chi connectivity index (χ1) is 24.3. The van der Waals surface area contributed by atoms with Crippen molar-refractivity contribution in [2.75, 3.05) is 6.61 Å². The summed E-state index contributed by atoms with van der Waals surface area (Å²) in [5.74, 6) is -0.771. The molecule has 5 rings (SSSR count). The molecule has 13 nitrogen and oxygen atoms in total. The number of rotatable bonds is 13. The number of carbonyl (C=O) groups is 1. The summed E-state index contributed by atoms with van der Waals surface area (Å²) in [6.07, 6.45) is -7.87. The van der Waals surface area contributed by atoms with E-state index in [1.165, 1.54) is 0 Å². The molecule has 1 aromatic carbocycles. The number of ether oxygens (including phenoxy) is 6. The zero-order valence-corrected chi connectivity index (χ0v) is 30.4. The predicted octanol–water partition coefficient (Wildman–Crippen LogP) is 2.90. The van der Waals surface area contributed by atoms with Gasteiger partial charge in [0.1, 0.15) is 42.7 Å². The third-order valence-electron chi connectivity index (χ3n) is 11.3. The molecule has 2 saturated carbocycles. The van der Waals surface area contributed by atoms with Crippen LogP contribution in [0.1, 0.15) is 91.0 Å². The van der Waals surface area contributed by atoms with Crippen molar-refractivity contribution in [2.45, 2.75) is 172 Å². The lowest BCUT2D eigenvalue weighted by Gasteiger charge is -2.48. The highest BCUT2D eigenvalue weighted by Crippen LogP contribution is 2.42. The Bertz CT molecular complexity index is 1210. The minimum atomic E-state index is -1.51. The van der Waals surface area contributed by atoms with Gasteiger partial charge in [0, 0.05) is 0 Å². The summed E-state index contributed by atoms with van der Waals surface area (Å²) in [5.41, 5.74) is 0.734. The highest BCUT2D eigenvalue weighted by Gasteiger charge is 2.52. The Labute approximate surface area is 301 Å². The number of aliphatic hydroxyl groups is 5. The van der Waals surface area contributed by atoms with E-state index < -0.39 is 92.3 Å². The molecule has 13 heteroatoms. The smallest absolute Gasteiger partial charge is 0.332 e. The number of aliphatic hydroxyl groups excluding tert-OH is 5. The molecule has 4 fully saturated rings. The molecule has 0 amide bonds. The average Bonchev–Trinajstić information content (AvgIpc) is 3.11. The molecule has 14 atom stereocenters. The van der Waals surface area contributed by atoms with Gasteiger partial charge in [0.25, 0.3) is 0 Å². The number of carboxylic acids is 1. The van der Waals surface area contributed by atoms with E-state index in [0.29, 0.717) is 12.8 Å². The van der Waals surface area contributed by atoms with Gasteiger partial charge in [-0.3, -0.25) is 0 Å². The van der Waals surface area contributed by atoms with E-state index in [0.717, 1.165) is 44.1 Å². The van der Waals surface area contributed by atoms with E-state index in [4.69, 9.17) is 28.4 Å². The molecule has 2 aliphatic heterocycles. The standard InChI is InChI=1S/C38H60O13/c1-21-29(40)31(42)32(43)36(47-21)49-25-16-15-24(38(2,3)4)18-26(25)50-37-34(46-20-23-13-9-6-10-14-23)33(30(41)28(19-39)51-37)48-27(35(44)45)17-22-11-7-5-8-12-22/h6,9-10,13-14,21-22,24-34,36-37,39-43H,5,7-8,11-12,15-20H2,1-4H3,(H,44,45)/t21-,24-,25-,26-,27+,28-,29+,30+,31+,32-,33+,34-,36+,37+/m1/s1. The van der Waals surface area contributed by atoms with E-state index in [2.05, 4.69) is 20.8 Å². The first-order valence-corrected chi connectivity index (χ1v) is 18.8. The summed E-state index contributed by atoms with van der Waals surface area (Å²) in [5, 5.41) is 63.7. The van der Waals surface area contributed by atoms with Gasteiger partial charge in [0.05, 0.1) is 31.5 Å². The summed E-state index contributed by atoms with van der Waals surface area (Å²) in [6.45, 7) is 7.53. The Morgan fingerprint density at radius 3 is 2.18 bits per heavy atom. The number of carboxylic acid groups (broad SMARTS) is 1. The maximum atomic E-state index is 12.6. The largest absolute Gasteiger partial charge is 0.479 e. The van der Waals surface area contributed by atoms with E-state index in [1.807, 2.05) is 30.3 Å². The molecule has 0 spiro atoms. The van der Waals surface area contributed by atoms with Crippen molar-refractivity contribution in [3.8, 4) is 0 Å². The topological polar surface area (TPSA) is 194 Å². The molecule has 4 aliphatic rings. The van der Waals surface area contributed by atoms with Crippen LogP contribution in [0.3, 0.4) is 0 Å². The van der Waals surface area contributed by atoms with E-state index >= 15 is 0 Å². The van der Waals surface area contributed by atoms with Crippen molar-refractivity contribution >= 4 is 5.97 Å². The summed E-state index contributed by atoms with van der Waals surface area (Å²) in [6, 6.07) is 9.38. The average molecular weight is 725 g/mol. The van der Waals surface area contributed by atoms with Gasteiger partial charge in [-0.05, 0) is 55.4 Å². The van der Waals surface area contributed by atoms with Gasteiger partial charge in [-0.15, -0.1) is 0 Å². The predicted molar refractivity (Wildman–Crippen MR) is 183 cm³/mol. The van der Waals surface area contributed by atoms with Gasteiger partial charge in [-0.1, -0.05) is 83.2 Å². The van der Waals surface area contributed by atoms with Crippen molar-refractivity contribution in [2.24, 2.45) is 17.3 Å². The first kappa shape index (κ1) is 40.4. The second-order valence-corrected chi connectivity index (χ2v) is 16.1. The first-order valence-electron chi connectivity index (χ1n) is 18.8. The fraction of sp³-hybridized carbons (Fsp3) is 0.816. The highest BCUT2D eigenvalue weighted by atomic mass is 16.7. The summed E-state index contributed by atoms with van der Waals surface area (Å²) >= 11 is 0. The molecule has 290 valence electrons. The second kappa shape index (κ2) is 18.1. The van der Waals surface area contributed by atoms with Gasteiger partial charge in [0.15, 0.2) is 18.7 Å². The zero-order chi connectivity index (χ0) is 36.9. The number of aliphatic carboxylic acids is 1. The monoisotopic (exact) mass is 724 g/mol. The van der Waals surface area contributed by atoms with E-state index in [-0.39, 0.29) is 30.3 Å². The molecule has 0 radical (unpaired) electrons. The van der Waals surface area contributed by atoms with Crippen molar-refractivity contribution in [3.05, 3.63) is 35.9 Å². The summed E-state index contributed by atoms with van der Waals surface area (Å²) in [4.78, 5) is 12.6. The molecule has 6 N–H and O–H groups in total. The maximum Gasteiger partial charge on any atom is 0.332 e. The van der Waals surface area contributed by atoms with Gasteiger partial charge in [0.2, 0.25) is 0 Å². The van der Waals surface area contributed by atoms with Gasteiger partial charge in [-0.25, -0.2) is 4.79 Å². The number of hydrogen-bond acceptors (Lipinski definition) is 12. The third-order valence-corrected chi connectivity index (χ3v) is 11.3. The molecular weight excluding hydrogens is 664 g/mol. The minimum Gasteiger partial charge on any atom is -0.479 e. The van der Waals surface area contributed by atoms with Crippen molar-refractivity contribution in [3.63, 3.8) is 0 Å². The van der Waals surface area contributed by atoms with Crippen molar-refractivity contribution in [1.82, 2.24) is 0 Å². The zero-order valence-electron chi connectivity index (χ0n) is 30.4. The molecule has 0 bridgehead atoms. The Kier molecular flexibility index (Phi) is 14.3. The van der Waals surface area contributed by atoms with Crippen molar-refractivity contribution in [1.29, 1.82) is 0 Å². The Hall–Kier alpha value is -1.75. The molecule has 0 aromatic heterocycles. The fourth-order valence-electron chi connectivity index (χ4n) is 8.04. The maximum absolute atomic E-state index is 12.6. The summed E-state index contributed by atoms with van der Waals surface area (Å²) < 4.78 is 37.8. The van der Waals surface area contributed by atoms with Crippen LogP contribution in [0, 0.1) is 17.3 Å². The Balaban J connectivity index is 1.43. The Morgan fingerprint density at radius 2 is 1.53 bits per heavy atom. The fourth-order valence-corrected chi connectivity index (χ4v) is 8.04.